The van der Waals surface area contributed by atoms with E-state index in [1.54, 1.807) is 0 Å². The maximum Gasteiger partial charge on any atom is 0.130 e. The Balaban J connectivity index is 1.98. The van der Waals surface area contributed by atoms with Gasteiger partial charge in [-0.15, -0.1) is 0 Å². The Hall–Kier alpha value is -1.72. The second-order valence-corrected chi connectivity index (χ2v) is 5.77. The Kier molecular flexibility index (Phi) is 4.03. The van der Waals surface area contributed by atoms with Gasteiger partial charge >= 0.3 is 0 Å². The molecule has 0 unspecified atom stereocenters. The number of hydrogen-bond donors (Lipinski definition) is 1. The summed E-state index contributed by atoms with van der Waals surface area (Å²) in [5, 5.41) is 1.03. The molecular formula is C16H20N4S. The fourth-order valence-electron chi connectivity index (χ4n) is 2.82. The summed E-state index contributed by atoms with van der Waals surface area (Å²) in [6.07, 6.45) is 0. The van der Waals surface area contributed by atoms with Crippen LogP contribution >= 0.6 is 12.2 Å². The first-order valence-corrected chi connectivity index (χ1v) is 7.76. The molecule has 0 atom stereocenters. The smallest absolute Gasteiger partial charge is 0.130 e. The molecule has 0 bridgehead atoms. The lowest BCUT2D eigenvalue weighted by Crippen LogP contribution is -2.46. The van der Waals surface area contributed by atoms with Crippen molar-refractivity contribution in [1.82, 2.24) is 9.88 Å². The van der Waals surface area contributed by atoms with Crippen LogP contribution in [0.15, 0.2) is 30.3 Å². The number of fused-ring (bicyclic) bond motifs is 1. The molecule has 2 aromatic rings. The first-order valence-electron chi connectivity index (χ1n) is 7.36. The van der Waals surface area contributed by atoms with Crippen LogP contribution < -0.4 is 10.6 Å². The number of likely N-dealkylation sites (N-methyl/N-ethyl adjacent to an activating group) is 1. The van der Waals surface area contributed by atoms with Crippen LogP contribution in [0.5, 0.6) is 0 Å². The molecule has 2 N–H and O–H groups in total. The fourth-order valence-corrected chi connectivity index (χ4v) is 2.99. The summed E-state index contributed by atoms with van der Waals surface area (Å²) < 4.78 is 0. The SMILES string of the molecule is CCN1CCN(c2cc(C(N)=S)c3ccccc3n2)CC1. The predicted octanol–water partition coefficient (Wildman–Crippen LogP) is 2.01. The minimum Gasteiger partial charge on any atom is -0.389 e. The van der Waals surface area contributed by atoms with Crippen molar-refractivity contribution in [3.8, 4) is 0 Å². The molecule has 110 valence electrons. The minimum atomic E-state index is 0.432. The lowest BCUT2D eigenvalue weighted by Gasteiger charge is -2.35. The summed E-state index contributed by atoms with van der Waals surface area (Å²) in [5.41, 5.74) is 7.77. The molecule has 2 heterocycles. The molecule has 0 amide bonds. The molecule has 1 aliphatic heterocycles. The Labute approximate surface area is 130 Å². The summed E-state index contributed by atoms with van der Waals surface area (Å²) in [6, 6.07) is 10.1. The van der Waals surface area contributed by atoms with Crippen molar-refractivity contribution >= 4 is 33.9 Å². The Morgan fingerprint density at radius 1 is 1.24 bits per heavy atom. The van der Waals surface area contributed by atoms with E-state index in [0.29, 0.717) is 4.99 Å². The van der Waals surface area contributed by atoms with Crippen LogP contribution in [-0.2, 0) is 0 Å². The van der Waals surface area contributed by atoms with Crippen LogP contribution in [-0.4, -0.2) is 47.6 Å². The van der Waals surface area contributed by atoms with Crippen molar-refractivity contribution in [3.05, 3.63) is 35.9 Å². The lowest BCUT2D eigenvalue weighted by atomic mass is 10.1. The summed E-state index contributed by atoms with van der Waals surface area (Å²) in [6.45, 7) is 7.46. The monoisotopic (exact) mass is 300 g/mol. The molecule has 0 spiro atoms. The number of hydrogen-bond acceptors (Lipinski definition) is 4. The van der Waals surface area contributed by atoms with E-state index < -0.39 is 0 Å². The van der Waals surface area contributed by atoms with Gasteiger partial charge in [0.05, 0.1) is 5.52 Å². The first kappa shape index (κ1) is 14.2. The molecular weight excluding hydrogens is 280 g/mol. The second kappa shape index (κ2) is 5.95. The van der Waals surface area contributed by atoms with Crippen molar-refractivity contribution in [2.45, 2.75) is 6.92 Å². The molecule has 1 aromatic heterocycles. The van der Waals surface area contributed by atoms with Gasteiger partial charge in [0.15, 0.2) is 0 Å². The second-order valence-electron chi connectivity index (χ2n) is 5.33. The van der Waals surface area contributed by atoms with Gasteiger partial charge in [0.2, 0.25) is 0 Å². The first-order chi connectivity index (χ1) is 10.2. The van der Waals surface area contributed by atoms with Gasteiger partial charge in [-0.25, -0.2) is 4.98 Å². The van der Waals surface area contributed by atoms with E-state index in [9.17, 15) is 0 Å². The number of aromatic nitrogens is 1. The predicted molar refractivity (Wildman–Crippen MR) is 92.0 cm³/mol. The zero-order chi connectivity index (χ0) is 14.8. The van der Waals surface area contributed by atoms with Crippen molar-refractivity contribution in [3.63, 3.8) is 0 Å². The van der Waals surface area contributed by atoms with E-state index >= 15 is 0 Å². The summed E-state index contributed by atoms with van der Waals surface area (Å²) in [7, 11) is 0. The van der Waals surface area contributed by atoms with Crippen molar-refractivity contribution in [2.24, 2.45) is 5.73 Å². The zero-order valence-electron chi connectivity index (χ0n) is 12.2. The molecule has 0 aliphatic carbocycles. The van der Waals surface area contributed by atoms with Crippen LogP contribution in [0.4, 0.5) is 5.82 Å². The number of thiocarbonyl (C=S) groups is 1. The van der Waals surface area contributed by atoms with Gasteiger partial charge in [-0.2, -0.15) is 0 Å². The van der Waals surface area contributed by atoms with E-state index in [1.165, 1.54) is 0 Å². The Morgan fingerprint density at radius 2 is 1.95 bits per heavy atom. The molecule has 0 saturated carbocycles. The largest absolute Gasteiger partial charge is 0.389 e. The van der Waals surface area contributed by atoms with E-state index in [0.717, 1.165) is 55.0 Å². The van der Waals surface area contributed by atoms with Gasteiger partial charge in [0.25, 0.3) is 0 Å². The minimum absolute atomic E-state index is 0.432. The molecule has 21 heavy (non-hydrogen) atoms. The maximum atomic E-state index is 5.90. The molecule has 1 aromatic carbocycles. The number of rotatable bonds is 3. The van der Waals surface area contributed by atoms with Gasteiger partial charge in [-0.3, -0.25) is 0 Å². The van der Waals surface area contributed by atoms with Crippen LogP contribution in [0.2, 0.25) is 0 Å². The highest BCUT2D eigenvalue weighted by molar-refractivity contribution is 7.80. The molecule has 4 nitrogen and oxygen atoms in total. The summed E-state index contributed by atoms with van der Waals surface area (Å²) in [5.74, 6) is 0.979. The third kappa shape index (κ3) is 2.84. The van der Waals surface area contributed by atoms with Crippen molar-refractivity contribution < 1.29 is 0 Å². The van der Waals surface area contributed by atoms with Crippen molar-refractivity contribution in [1.29, 1.82) is 0 Å². The summed E-state index contributed by atoms with van der Waals surface area (Å²) >= 11 is 5.21. The lowest BCUT2D eigenvalue weighted by molar-refractivity contribution is 0.270. The van der Waals surface area contributed by atoms with Gasteiger partial charge in [0.1, 0.15) is 10.8 Å². The molecule has 0 radical (unpaired) electrons. The average molecular weight is 300 g/mol. The number of piperazine rings is 1. The normalized spacial score (nSPS) is 16.3. The van der Waals surface area contributed by atoms with Gasteiger partial charge < -0.3 is 15.5 Å². The summed E-state index contributed by atoms with van der Waals surface area (Å²) in [4.78, 5) is 9.99. The highest BCUT2D eigenvalue weighted by Crippen LogP contribution is 2.23. The third-order valence-corrected chi connectivity index (χ3v) is 4.33. The van der Waals surface area contributed by atoms with Crippen LogP contribution in [0, 0.1) is 0 Å². The van der Waals surface area contributed by atoms with Crippen LogP contribution in [0.1, 0.15) is 12.5 Å². The molecule has 1 saturated heterocycles. The standard InChI is InChI=1S/C16H20N4S/c1-2-19-7-9-20(10-8-19)15-11-13(16(17)21)12-5-3-4-6-14(12)18-15/h3-6,11H,2,7-10H2,1H3,(H2,17,21). The fraction of sp³-hybridized carbons (Fsp3) is 0.375. The average Bonchev–Trinajstić information content (AvgIpc) is 2.53. The molecule has 5 heteroatoms. The van der Waals surface area contributed by atoms with E-state index in [-0.39, 0.29) is 0 Å². The van der Waals surface area contributed by atoms with Gasteiger partial charge in [-0.1, -0.05) is 37.3 Å². The Bertz CT molecular complexity index is 662. The van der Waals surface area contributed by atoms with Crippen LogP contribution in [0.25, 0.3) is 10.9 Å². The number of para-hydroxylation sites is 1. The topological polar surface area (TPSA) is 45.4 Å². The quantitative estimate of drug-likeness (QED) is 0.879. The Morgan fingerprint density at radius 3 is 2.62 bits per heavy atom. The van der Waals surface area contributed by atoms with E-state index in [4.69, 9.17) is 22.9 Å². The zero-order valence-corrected chi connectivity index (χ0v) is 13.1. The van der Waals surface area contributed by atoms with Crippen molar-refractivity contribution in [2.75, 3.05) is 37.6 Å². The number of nitrogens with zero attached hydrogens (tertiary/aromatic N) is 3. The molecule has 1 aliphatic rings. The third-order valence-electron chi connectivity index (χ3n) is 4.11. The number of benzene rings is 1. The highest BCUT2D eigenvalue weighted by Gasteiger charge is 2.18. The van der Waals surface area contributed by atoms with E-state index in [2.05, 4.69) is 16.7 Å². The maximum absolute atomic E-state index is 5.90. The number of nitrogens with two attached hydrogens (primary N) is 1. The highest BCUT2D eigenvalue weighted by atomic mass is 32.1. The molecule has 3 rings (SSSR count). The number of pyridine rings is 1. The molecule has 1 fully saturated rings. The van der Waals surface area contributed by atoms with Gasteiger partial charge in [-0.05, 0) is 18.7 Å². The van der Waals surface area contributed by atoms with E-state index in [1.807, 2.05) is 30.3 Å². The van der Waals surface area contributed by atoms with Crippen LogP contribution in [0.3, 0.4) is 0 Å². The van der Waals surface area contributed by atoms with Gasteiger partial charge in [0, 0.05) is 37.1 Å². The number of anilines is 1.